The molecule has 0 spiro atoms. The van der Waals surface area contributed by atoms with Gasteiger partial charge in [-0.25, -0.2) is 0 Å². The van der Waals surface area contributed by atoms with E-state index in [0.29, 0.717) is 6.42 Å². The van der Waals surface area contributed by atoms with Crippen LogP contribution in [0.5, 0.6) is 0 Å². The molecule has 1 aromatic rings. The van der Waals surface area contributed by atoms with Crippen LogP contribution in [0.4, 0.5) is 5.82 Å². The van der Waals surface area contributed by atoms with Crippen molar-refractivity contribution in [1.82, 2.24) is 5.16 Å². The fourth-order valence-electron chi connectivity index (χ4n) is 1.03. The van der Waals surface area contributed by atoms with Gasteiger partial charge in [-0.05, 0) is 6.42 Å². The van der Waals surface area contributed by atoms with E-state index in [1.807, 2.05) is 6.92 Å². The normalized spacial score (nSPS) is 9.93. The van der Waals surface area contributed by atoms with Crippen LogP contribution in [0.3, 0.4) is 0 Å². The Morgan fingerprint density at radius 2 is 2.33 bits per heavy atom. The Morgan fingerprint density at radius 1 is 1.60 bits per heavy atom. The number of amides is 2. The number of carbonyl (C=O) groups is 2. The van der Waals surface area contributed by atoms with E-state index in [4.69, 9.17) is 5.73 Å². The predicted octanol–water partition coefficient (Wildman–Crippen LogP) is 0.902. The van der Waals surface area contributed by atoms with Crippen LogP contribution in [0.2, 0.25) is 0 Å². The van der Waals surface area contributed by atoms with Crippen molar-refractivity contribution < 1.29 is 14.1 Å². The molecule has 1 aromatic heterocycles. The molecule has 0 saturated heterocycles. The molecule has 0 fully saturated rings. The lowest BCUT2D eigenvalue weighted by molar-refractivity contribution is -0.116. The molecule has 6 nitrogen and oxygen atoms in total. The molecular formula is C9H13N3O3. The highest BCUT2D eigenvalue weighted by atomic mass is 16.5. The number of anilines is 1. The second-order valence-corrected chi connectivity index (χ2v) is 3.09. The van der Waals surface area contributed by atoms with Crippen molar-refractivity contribution in [2.45, 2.75) is 26.2 Å². The first-order valence-corrected chi connectivity index (χ1v) is 4.69. The molecule has 15 heavy (non-hydrogen) atoms. The summed E-state index contributed by atoms with van der Waals surface area (Å²) >= 11 is 0. The summed E-state index contributed by atoms with van der Waals surface area (Å²) in [5, 5.41) is 5.94. The first-order chi connectivity index (χ1) is 7.15. The van der Waals surface area contributed by atoms with Crippen molar-refractivity contribution in [2.24, 2.45) is 5.73 Å². The zero-order valence-corrected chi connectivity index (χ0v) is 8.45. The molecule has 6 heteroatoms. The number of carbonyl (C=O) groups excluding carboxylic acids is 2. The van der Waals surface area contributed by atoms with Crippen LogP contribution < -0.4 is 11.1 Å². The molecule has 3 N–H and O–H groups in total. The van der Waals surface area contributed by atoms with Crippen LogP contribution in [0.1, 0.15) is 36.5 Å². The van der Waals surface area contributed by atoms with Gasteiger partial charge in [-0.2, -0.15) is 0 Å². The van der Waals surface area contributed by atoms with Gasteiger partial charge in [-0.1, -0.05) is 18.5 Å². The van der Waals surface area contributed by atoms with Crippen molar-refractivity contribution >= 4 is 17.6 Å². The molecule has 0 aliphatic heterocycles. The Hall–Kier alpha value is -1.85. The zero-order valence-electron chi connectivity index (χ0n) is 8.45. The van der Waals surface area contributed by atoms with Crippen molar-refractivity contribution in [3.8, 4) is 0 Å². The fourth-order valence-corrected chi connectivity index (χ4v) is 1.03. The third-order valence-electron chi connectivity index (χ3n) is 1.85. The summed E-state index contributed by atoms with van der Waals surface area (Å²) in [5.41, 5.74) is 5.13. The lowest BCUT2D eigenvalue weighted by Gasteiger charge is -2.00. The van der Waals surface area contributed by atoms with Crippen LogP contribution in [-0.4, -0.2) is 17.0 Å². The minimum absolute atomic E-state index is 0.0832. The van der Waals surface area contributed by atoms with Gasteiger partial charge in [0.25, 0.3) is 5.91 Å². The van der Waals surface area contributed by atoms with Gasteiger partial charge in [0.15, 0.2) is 5.82 Å². The van der Waals surface area contributed by atoms with Crippen molar-refractivity contribution in [3.05, 3.63) is 11.8 Å². The zero-order chi connectivity index (χ0) is 11.3. The van der Waals surface area contributed by atoms with Crippen LogP contribution in [-0.2, 0) is 4.79 Å². The summed E-state index contributed by atoms with van der Waals surface area (Å²) in [4.78, 5) is 22.1. The molecular weight excluding hydrogens is 198 g/mol. The Balaban J connectivity index is 2.60. The second-order valence-electron chi connectivity index (χ2n) is 3.09. The number of nitrogens with two attached hydrogens (primary N) is 1. The van der Waals surface area contributed by atoms with Gasteiger partial charge in [0.2, 0.25) is 5.91 Å². The molecule has 0 aliphatic rings. The van der Waals surface area contributed by atoms with Gasteiger partial charge in [0.1, 0.15) is 11.8 Å². The standard InChI is InChI=1S/C9H13N3O3/c1-2-3-4-7(13)11-9-6(8(10)14)5-15-12-9/h5H,2-4H2,1H3,(H2,10,14)(H,11,12,13). The van der Waals surface area contributed by atoms with Crippen molar-refractivity contribution in [3.63, 3.8) is 0 Å². The third-order valence-corrected chi connectivity index (χ3v) is 1.85. The number of unbranched alkanes of at least 4 members (excludes halogenated alkanes) is 1. The summed E-state index contributed by atoms with van der Waals surface area (Å²) in [6, 6.07) is 0. The third kappa shape index (κ3) is 3.08. The fraction of sp³-hybridized carbons (Fsp3) is 0.444. The quantitative estimate of drug-likeness (QED) is 0.755. The number of primary amides is 1. The maximum Gasteiger partial charge on any atom is 0.255 e. The number of hydrogen-bond donors (Lipinski definition) is 2. The summed E-state index contributed by atoms with van der Waals surface area (Å²) in [6.07, 6.45) is 3.21. The molecule has 1 rings (SSSR count). The average Bonchev–Trinajstić information content (AvgIpc) is 2.62. The van der Waals surface area contributed by atoms with Gasteiger partial charge < -0.3 is 15.6 Å². The molecule has 2 amide bonds. The van der Waals surface area contributed by atoms with E-state index in [-0.39, 0.29) is 17.3 Å². The molecule has 82 valence electrons. The van der Waals surface area contributed by atoms with E-state index < -0.39 is 5.91 Å². The lowest BCUT2D eigenvalue weighted by atomic mass is 10.2. The van der Waals surface area contributed by atoms with Gasteiger partial charge in [0.05, 0.1) is 0 Å². The van der Waals surface area contributed by atoms with Gasteiger partial charge >= 0.3 is 0 Å². The van der Waals surface area contributed by atoms with Gasteiger partial charge in [-0.3, -0.25) is 9.59 Å². The van der Waals surface area contributed by atoms with Crippen LogP contribution in [0.25, 0.3) is 0 Å². The number of nitrogens with zero attached hydrogens (tertiary/aromatic N) is 1. The van der Waals surface area contributed by atoms with Crippen LogP contribution in [0.15, 0.2) is 10.8 Å². The summed E-state index contributed by atoms with van der Waals surface area (Å²) in [7, 11) is 0. The summed E-state index contributed by atoms with van der Waals surface area (Å²) in [6.45, 7) is 1.98. The number of rotatable bonds is 5. The number of hydrogen-bond acceptors (Lipinski definition) is 4. The van der Waals surface area contributed by atoms with Gasteiger partial charge in [-0.15, -0.1) is 0 Å². The summed E-state index contributed by atoms with van der Waals surface area (Å²) in [5.74, 6) is -0.793. The van der Waals surface area contributed by atoms with Crippen LogP contribution >= 0.6 is 0 Å². The predicted molar refractivity (Wildman–Crippen MR) is 53.2 cm³/mol. The number of aromatic nitrogens is 1. The highest BCUT2D eigenvalue weighted by Crippen LogP contribution is 2.12. The van der Waals surface area contributed by atoms with Crippen molar-refractivity contribution in [2.75, 3.05) is 5.32 Å². The monoisotopic (exact) mass is 211 g/mol. The van der Waals surface area contributed by atoms with Crippen molar-refractivity contribution in [1.29, 1.82) is 0 Å². The topological polar surface area (TPSA) is 98.2 Å². The molecule has 0 atom stereocenters. The molecule has 0 saturated carbocycles. The van der Waals surface area contributed by atoms with E-state index in [0.717, 1.165) is 19.1 Å². The highest BCUT2D eigenvalue weighted by molar-refractivity contribution is 6.01. The Bertz CT molecular complexity index is 359. The first-order valence-electron chi connectivity index (χ1n) is 4.69. The minimum Gasteiger partial charge on any atom is -0.365 e. The van der Waals surface area contributed by atoms with E-state index in [9.17, 15) is 9.59 Å². The lowest BCUT2D eigenvalue weighted by Crippen LogP contribution is -2.17. The maximum absolute atomic E-state index is 11.3. The van der Waals surface area contributed by atoms with Crippen LogP contribution in [0, 0.1) is 0 Å². The molecule has 0 aromatic carbocycles. The Morgan fingerprint density at radius 3 is 2.93 bits per heavy atom. The van der Waals surface area contributed by atoms with E-state index in [2.05, 4.69) is 15.0 Å². The molecule has 0 bridgehead atoms. The average molecular weight is 211 g/mol. The van der Waals surface area contributed by atoms with E-state index >= 15 is 0 Å². The molecule has 0 aliphatic carbocycles. The number of nitrogens with one attached hydrogen (secondary N) is 1. The largest absolute Gasteiger partial charge is 0.365 e. The van der Waals surface area contributed by atoms with E-state index in [1.165, 1.54) is 0 Å². The second kappa shape index (κ2) is 5.14. The molecule has 0 unspecified atom stereocenters. The summed E-state index contributed by atoms with van der Waals surface area (Å²) < 4.78 is 4.55. The smallest absolute Gasteiger partial charge is 0.255 e. The maximum atomic E-state index is 11.3. The molecule has 1 heterocycles. The minimum atomic E-state index is -0.679. The highest BCUT2D eigenvalue weighted by Gasteiger charge is 2.14. The van der Waals surface area contributed by atoms with Gasteiger partial charge in [0, 0.05) is 6.42 Å². The molecule has 0 radical (unpaired) electrons. The first kappa shape index (κ1) is 11.2. The Kier molecular flexibility index (Phi) is 3.84. The Labute approximate surface area is 86.8 Å². The SMILES string of the molecule is CCCCC(=O)Nc1nocc1C(N)=O. The van der Waals surface area contributed by atoms with E-state index in [1.54, 1.807) is 0 Å².